The number of hydrogen-bond donors (Lipinski definition) is 0. The van der Waals surface area contributed by atoms with Crippen LogP contribution >= 0.6 is 11.8 Å². The Labute approximate surface area is 139 Å². The van der Waals surface area contributed by atoms with Crippen LogP contribution in [0.2, 0.25) is 0 Å². The summed E-state index contributed by atoms with van der Waals surface area (Å²) < 4.78 is 1.27. The Balaban J connectivity index is 1.73. The van der Waals surface area contributed by atoms with E-state index in [1.807, 2.05) is 24.3 Å². The van der Waals surface area contributed by atoms with Crippen molar-refractivity contribution >= 4 is 22.7 Å². The van der Waals surface area contributed by atoms with Gasteiger partial charge in [0.1, 0.15) is 7.11 Å². The molecule has 3 aromatic rings. The minimum Gasteiger partial charge on any atom is -0.411 e. The zero-order valence-electron chi connectivity index (χ0n) is 12.9. The summed E-state index contributed by atoms with van der Waals surface area (Å²) in [4.78, 5) is 22.2. The van der Waals surface area contributed by atoms with Gasteiger partial charge in [-0.1, -0.05) is 54.2 Å². The summed E-state index contributed by atoms with van der Waals surface area (Å²) in [6.07, 6.45) is 2.03. The number of rotatable bonds is 6. The van der Waals surface area contributed by atoms with Crippen LogP contribution in [-0.2, 0) is 6.42 Å². The zero-order chi connectivity index (χ0) is 16.1. The molecule has 0 N–H and O–H groups in total. The molecular weight excluding hydrogens is 308 g/mol. The molecule has 0 unspecified atom stereocenters. The third-order valence-electron chi connectivity index (χ3n) is 3.58. The van der Waals surface area contributed by atoms with Crippen LogP contribution in [0.3, 0.4) is 0 Å². The Bertz CT molecular complexity index is 847. The molecule has 23 heavy (non-hydrogen) atoms. The van der Waals surface area contributed by atoms with Crippen molar-refractivity contribution in [2.75, 3.05) is 12.9 Å². The first-order valence-electron chi connectivity index (χ1n) is 7.52. The van der Waals surface area contributed by atoms with Crippen molar-refractivity contribution < 1.29 is 4.84 Å². The van der Waals surface area contributed by atoms with E-state index in [9.17, 15) is 4.79 Å². The van der Waals surface area contributed by atoms with Gasteiger partial charge in [0.2, 0.25) is 5.16 Å². The molecule has 118 valence electrons. The summed E-state index contributed by atoms with van der Waals surface area (Å²) in [5, 5.41) is 1.17. The molecule has 0 saturated heterocycles. The van der Waals surface area contributed by atoms with E-state index in [0.29, 0.717) is 16.1 Å². The largest absolute Gasteiger partial charge is 0.411 e. The topological polar surface area (TPSA) is 44.1 Å². The molecule has 0 atom stereocenters. The molecule has 0 saturated carbocycles. The van der Waals surface area contributed by atoms with Crippen LogP contribution in [0.15, 0.2) is 64.5 Å². The normalized spacial score (nSPS) is 10.8. The number of aromatic nitrogens is 2. The van der Waals surface area contributed by atoms with Crippen molar-refractivity contribution in [2.45, 2.75) is 18.0 Å². The molecule has 0 radical (unpaired) electrons. The molecule has 3 rings (SSSR count). The maximum absolute atomic E-state index is 12.4. The molecule has 0 aliphatic carbocycles. The minimum atomic E-state index is -0.163. The molecular formula is C18H18N2O2S. The van der Waals surface area contributed by atoms with Crippen LogP contribution in [0, 0.1) is 0 Å². The second-order valence-electron chi connectivity index (χ2n) is 5.13. The smallest absolute Gasteiger partial charge is 0.295 e. The van der Waals surface area contributed by atoms with Gasteiger partial charge in [-0.2, -0.15) is 0 Å². The standard InChI is InChI=1S/C18H18N2O2S/c1-22-20-17(21)15-11-5-6-12-16(15)19-18(20)23-13-7-10-14-8-3-2-4-9-14/h2-6,8-9,11-12H,7,10,13H2,1H3. The van der Waals surface area contributed by atoms with Gasteiger partial charge in [-0.15, -0.1) is 4.73 Å². The van der Waals surface area contributed by atoms with Gasteiger partial charge >= 0.3 is 0 Å². The lowest BCUT2D eigenvalue weighted by molar-refractivity contribution is 0.131. The average molecular weight is 326 g/mol. The highest BCUT2D eigenvalue weighted by Gasteiger charge is 2.11. The van der Waals surface area contributed by atoms with Crippen LogP contribution in [0.1, 0.15) is 12.0 Å². The lowest BCUT2D eigenvalue weighted by Gasteiger charge is -2.10. The third-order valence-corrected chi connectivity index (χ3v) is 4.58. The second kappa shape index (κ2) is 7.33. The number of para-hydroxylation sites is 1. The van der Waals surface area contributed by atoms with Gasteiger partial charge in [0.05, 0.1) is 10.9 Å². The van der Waals surface area contributed by atoms with Crippen LogP contribution in [-0.4, -0.2) is 22.6 Å². The van der Waals surface area contributed by atoms with Crippen LogP contribution in [0.25, 0.3) is 10.9 Å². The summed E-state index contributed by atoms with van der Waals surface area (Å²) >= 11 is 1.55. The van der Waals surface area contributed by atoms with Crippen LogP contribution in [0.4, 0.5) is 0 Å². The van der Waals surface area contributed by atoms with E-state index in [4.69, 9.17) is 4.84 Å². The Morgan fingerprint density at radius 3 is 2.61 bits per heavy atom. The molecule has 0 spiro atoms. The fraction of sp³-hybridized carbons (Fsp3) is 0.222. The highest BCUT2D eigenvalue weighted by atomic mass is 32.2. The molecule has 4 nitrogen and oxygen atoms in total. The van der Waals surface area contributed by atoms with Gasteiger partial charge < -0.3 is 4.84 Å². The van der Waals surface area contributed by atoms with Gasteiger partial charge in [-0.3, -0.25) is 4.79 Å². The number of aryl methyl sites for hydroxylation is 1. The van der Waals surface area contributed by atoms with Crippen molar-refractivity contribution in [1.29, 1.82) is 0 Å². The number of nitrogens with zero attached hydrogens (tertiary/aromatic N) is 2. The number of hydrogen-bond acceptors (Lipinski definition) is 4. The highest BCUT2D eigenvalue weighted by molar-refractivity contribution is 7.99. The predicted molar refractivity (Wildman–Crippen MR) is 94.0 cm³/mol. The minimum absolute atomic E-state index is 0.163. The maximum Gasteiger partial charge on any atom is 0.295 e. The molecule has 0 aliphatic rings. The van der Waals surface area contributed by atoms with Crippen molar-refractivity contribution in [1.82, 2.24) is 9.71 Å². The van der Waals surface area contributed by atoms with E-state index in [1.165, 1.54) is 17.4 Å². The first kappa shape index (κ1) is 15.6. The monoisotopic (exact) mass is 326 g/mol. The molecule has 1 aromatic heterocycles. The molecule has 1 heterocycles. The zero-order valence-corrected chi connectivity index (χ0v) is 13.8. The van der Waals surface area contributed by atoms with E-state index in [2.05, 4.69) is 29.2 Å². The van der Waals surface area contributed by atoms with Crippen LogP contribution < -0.4 is 10.4 Å². The van der Waals surface area contributed by atoms with Gasteiger partial charge in [0.15, 0.2) is 0 Å². The van der Waals surface area contributed by atoms with E-state index in [-0.39, 0.29) is 5.56 Å². The fourth-order valence-electron chi connectivity index (χ4n) is 2.43. The second-order valence-corrected chi connectivity index (χ2v) is 6.19. The molecule has 0 fully saturated rings. The average Bonchev–Trinajstić information content (AvgIpc) is 2.60. The molecule has 0 amide bonds. The lowest BCUT2D eigenvalue weighted by Crippen LogP contribution is -2.27. The SMILES string of the molecule is COn1c(SCCCc2ccccc2)nc2ccccc2c1=O. The van der Waals surface area contributed by atoms with Gasteiger partial charge in [-0.25, -0.2) is 4.98 Å². The van der Waals surface area contributed by atoms with E-state index < -0.39 is 0 Å². The van der Waals surface area contributed by atoms with E-state index >= 15 is 0 Å². The first-order valence-corrected chi connectivity index (χ1v) is 8.51. The van der Waals surface area contributed by atoms with Gasteiger partial charge in [0, 0.05) is 5.75 Å². The number of fused-ring (bicyclic) bond motifs is 1. The van der Waals surface area contributed by atoms with E-state index in [1.54, 1.807) is 17.8 Å². The Morgan fingerprint density at radius 1 is 1.09 bits per heavy atom. The first-order chi connectivity index (χ1) is 11.3. The summed E-state index contributed by atoms with van der Waals surface area (Å²) in [7, 11) is 1.49. The van der Waals surface area contributed by atoms with Crippen molar-refractivity contribution in [3.8, 4) is 0 Å². The van der Waals surface area contributed by atoms with Crippen molar-refractivity contribution in [3.63, 3.8) is 0 Å². The number of benzene rings is 2. The van der Waals surface area contributed by atoms with Crippen LogP contribution in [0.5, 0.6) is 0 Å². The molecule has 5 heteroatoms. The Kier molecular flexibility index (Phi) is 4.98. The lowest BCUT2D eigenvalue weighted by atomic mass is 10.1. The van der Waals surface area contributed by atoms with Gasteiger partial charge in [0.25, 0.3) is 5.56 Å². The molecule has 0 bridgehead atoms. The summed E-state index contributed by atoms with van der Waals surface area (Å²) in [5.74, 6) is 0.878. The Morgan fingerprint density at radius 2 is 1.83 bits per heavy atom. The predicted octanol–water partition coefficient (Wildman–Crippen LogP) is 3.18. The van der Waals surface area contributed by atoms with Crippen molar-refractivity contribution in [2.24, 2.45) is 0 Å². The molecule has 0 aliphatic heterocycles. The van der Waals surface area contributed by atoms with Gasteiger partial charge in [-0.05, 0) is 30.5 Å². The summed E-state index contributed by atoms with van der Waals surface area (Å²) in [5.41, 5.74) is 1.86. The van der Waals surface area contributed by atoms with E-state index in [0.717, 1.165) is 18.6 Å². The van der Waals surface area contributed by atoms with Crippen molar-refractivity contribution in [3.05, 3.63) is 70.5 Å². The molecule has 2 aromatic carbocycles. The maximum atomic E-state index is 12.4. The summed E-state index contributed by atoms with van der Waals surface area (Å²) in [6, 6.07) is 17.7. The number of thioether (sulfide) groups is 1. The Hall–Kier alpha value is -2.27. The quantitative estimate of drug-likeness (QED) is 0.396. The highest BCUT2D eigenvalue weighted by Crippen LogP contribution is 2.18. The summed E-state index contributed by atoms with van der Waals surface area (Å²) in [6.45, 7) is 0. The third kappa shape index (κ3) is 3.56. The fourth-order valence-corrected chi connectivity index (χ4v) is 3.34.